The van der Waals surface area contributed by atoms with Gasteiger partial charge in [0, 0.05) is 0 Å². The van der Waals surface area contributed by atoms with Crippen LogP contribution >= 0.6 is 12.2 Å². The van der Waals surface area contributed by atoms with Gasteiger partial charge in [-0.25, -0.2) is 0 Å². The highest BCUT2D eigenvalue weighted by Gasteiger charge is 1.94. The molecule has 1 rings (SSSR count). The van der Waals surface area contributed by atoms with Gasteiger partial charge in [0.05, 0.1) is 0 Å². The van der Waals surface area contributed by atoms with Crippen molar-refractivity contribution in [1.29, 1.82) is 0 Å². The van der Waals surface area contributed by atoms with E-state index in [2.05, 4.69) is 31.2 Å². The molecule has 1 heteroatoms. The van der Waals surface area contributed by atoms with Crippen molar-refractivity contribution >= 4 is 17.1 Å². The minimum Gasteiger partial charge on any atom is -0.0897 e. The fraction of sp³-hybridized carbons (Fsp3) is 0.364. The van der Waals surface area contributed by atoms with Crippen LogP contribution in [0.3, 0.4) is 0 Å². The van der Waals surface area contributed by atoms with E-state index in [1.54, 1.807) is 0 Å². The van der Waals surface area contributed by atoms with Gasteiger partial charge in [0.2, 0.25) is 0 Å². The molecule has 0 N–H and O–H groups in total. The molecular formula is C11H14S. The van der Waals surface area contributed by atoms with Crippen LogP contribution in [0, 0.1) is 0 Å². The Bertz CT molecular complexity index is 238. The van der Waals surface area contributed by atoms with Gasteiger partial charge in [-0.1, -0.05) is 49.5 Å². The molecule has 0 bridgehead atoms. The van der Waals surface area contributed by atoms with Gasteiger partial charge in [-0.05, 0) is 29.7 Å². The summed E-state index contributed by atoms with van der Waals surface area (Å²) < 4.78 is 0. The van der Waals surface area contributed by atoms with Gasteiger partial charge in [-0.2, -0.15) is 0 Å². The topological polar surface area (TPSA) is 0 Å². The van der Waals surface area contributed by atoms with Crippen LogP contribution in [-0.2, 0) is 6.42 Å². The molecular weight excluding hydrogens is 164 g/mol. The van der Waals surface area contributed by atoms with E-state index in [1.165, 1.54) is 10.4 Å². The van der Waals surface area contributed by atoms with E-state index in [9.17, 15) is 0 Å². The van der Waals surface area contributed by atoms with E-state index in [0.29, 0.717) is 0 Å². The third-order valence-electron chi connectivity index (χ3n) is 1.93. The zero-order chi connectivity index (χ0) is 8.81. The molecule has 64 valence electrons. The molecule has 0 amide bonds. The Kier molecular flexibility index (Phi) is 3.95. The summed E-state index contributed by atoms with van der Waals surface area (Å²) in [7, 11) is 0. The van der Waals surface area contributed by atoms with Crippen molar-refractivity contribution < 1.29 is 0 Å². The summed E-state index contributed by atoms with van der Waals surface area (Å²) in [4.78, 5) is 1.18. The molecule has 0 spiro atoms. The van der Waals surface area contributed by atoms with Crippen LogP contribution in [0.15, 0.2) is 30.3 Å². The second-order valence-electron chi connectivity index (χ2n) is 2.88. The SMILES string of the molecule is CCC(=S)CCc1ccccc1. The molecule has 12 heavy (non-hydrogen) atoms. The summed E-state index contributed by atoms with van der Waals surface area (Å²) in [6, 6.07) is 10.5. The minimum absolute atomic E-state index is 1.03. The number of hydrogen-bond acceptors (Lipinski definition) is 1. The van der Waals surface area contributed by atoms with Gasteiger partial charge in [0.1, 0.15) is 0 Å². The fourth-order valence-electron chi connectivity index (χ4n) is 1.11. The highest BCUT2D eigenvalue weighted by Crippen LogP contribution is 2.04. The Morgan fingerprint density at radius 1 is 1.25 bits per heavy atom. The maximum atomic E-state index is 5.15. The van der Waals surface area contributed by atoms with Gasteiger partial charge in [-0.3, -0.25) is 0 Å². The molecule has 0 saturated heterocycles. The first kappa shape index (κ1) is 9.40. The smallest absolute Gasteiger partial charge is 0.00709 e. The van der Waals surface area contributed by atoms with Crippen LogP contribution in [0.4, 0.5) is 0 Å². The molecule has 0 fully saturated rings. The molecule has 0 saturated carbocycles. The van der Waals surface area contributed by atoms with Crippen molar-refractivity contribution in [2.75, 3.05) is 0 Å². The van der Waals surface area contributed by atoms with Crippen molar-refractivity contribution in [2.24, 2.45) is 0 Å². The summed E-state index contributed by atoms with van der Waals surface area (Å²) in [5.74, 6) is 0. The van der Waals surface area contributed by atoms with E-state index in [0.717, 1.165) is 19.3 Å². The van der Waals surface area contributed by atoms with Crippen molar-refractivity contribution in [3.8, 4) is 0 Å². The lowest BCUT2D eigenvalue weighted by Crippen LogP contribution is -1.94. The average Bonchev–Trinajstić information content (AvgIpc) is 2.16. The lowest BCUT2D eigenvalue weighted by Gasteiger charge is -2.00. The molecule has 0 unspecified atom stereocenters. The first-order chi connectivity index (χ1) is 5.83. The van der Waals surface area contributed by atoms with Crippen LogP contribution in [0.2, 0.25) is 0 Å². The van der Waals surface area contributed by atoms with Gasteiger partial charge < -0.3 is 0 Å². The zero-order valence-corrected chi connectivity index (χ0v) is 8.23. The fourth-order valence-corrected chi connectivity index (χ4v) is 1.21. The number of benzene rings is 1. The average molecular weight is 178 g/mol. The molecule has 0 heterocycles. The maximum absolute atomic E-state index is 5.15. The number of aryl methyl sites for hydroxylation is 1. The Morgan fingerprint density at radius 2 is 1.92 bits per heavy atom. The predicted octanol–water partition coefficient (Wildman–Crippen LogP) is 3.40. The molecule has 0 aliphatic carbocycles. The van der Waals surface area contributed by atoms with Crippen LogP contribution in [-0.4, -0.2) is 4.86 Å². The second kappa shape index (κ2) is 5.04. The third-order valence-corrected chi connectivity index (χ3v) is 2.42. The van der Waals surface area contributed by atoms with E-state index in [1.807, 2.05) is 6.07 Å². The quantitative estimate of drug-likeness (QED) is 0.637. The van der Waals surface area contributed by atoms with Crippen molar-refractivity contribution in [2.45, 2.75) is 26.2 Å². The van der Waals surface area contributed by atoms with Crippen LogP contribution < -0.4 is 0 Å². The molecule has 0 nitrogen and oxygen atoms in total. The Morgan fingerprint density at radius 3 is 2.50 bits per heavy atom. The van der Waals surface area contributed by atoms with Gasteiger partial charge in [0.25, 0.3) is 0 Å². The molecule has 0 aromatic heterocycles. The highest BCUT2D eigenvalue weighted by molar-refractivity contribution is 7.80. The van der Waals surface area contributed by atoms with Crippen molar-refractivity contribution in [3.63, 3.8) is 0 Å². The van der Waals surface area contributed by atoms with Crippen molar-refractivity contribution in [3.05, 3.63) is 35.9 Å². The monoisotopic (exact) mass is 178 g/mol. The maximum Gasteiger partial charge on any atom is -0.00709 e. The molecule has 0 aliphatic rings. The number of hydrogen-bond donors (Lipinski definition) is 0. The summed E-state index contributed by atoms with van der Waals surface area (Å²) in [6.45, 7) is 2.12. The van der Waals surface area contributed by atoms with Gasteiger partial charge in [0.15, 0.2) is 0 Å². The Hall–Kier alpha value is -0.690. The van der Waals surface area contributed by atoms with E-state index in [-0.39, 0.29) is 0 Å². The van der Waals surface area contributed by atoms with E-state index in [4.69, 9.17) is 12.2 Å². The van der Waals surface area contributed by atoms with Gasteiger partial charge in [-0.15, -0.1) is 0 Å². The van der Waals surface area contributed by atoms with Crippen LogP contribution in [0.1, 0.15) is 25.3 Å². The Labute approximate surface area is 79.6 Å². The highest BCUT2D eigenvalue weighted by atomic mass is 32.1. The lowest BCUT2D eigenvalue weighted by atomic mass is 10.1. The number of thiocarbonyl (C=S) groups is 1. The van der Waals surface area contributed by atoms with E-state index >= 15 is 0 Å². The molecule has 0 atom stereocenters. The van der Waals surface area contributed by atoms with Crippen molar-refractivity contribution in [1.82, 2.24) is 0 Å². The van der Waals surface area contributed by atoms with Gasteiger partial charge >= 0.3 is 0 Å². The van der Waals surface area contributed by atoms with Crippen LogP contribution in [0.5, 0.6) is 0 Å². The lowest BCUT2D eigenvalue weighted by molar-refractivity contribution is 1.03. The van der Waals surface area contributed by atoms with E-state index < -0.39 is 0 Å². The standard InChI is InChI=1S/C11H14S/c1-2-11(12)9-8-10-6-4-3-5-7-10/h3-7H,2,8-9H2,1H3. The first-order valence-corrected chi connectivity index (χ1v) is 4.79. The Balaban J connectivity index is 2.38. The minimum atomic E-state index is 1.03. The molecule has 0 aliphatic heterocycles. The summed E-state index contributed by atoms with van der Waals surface area (Å²) in [6.07, 6.45) is 3.17. The van der Waals surface area contributed by atoms with Crippen LogP contribution in [0.25, 0.3) is 0 Å². The normalized spacial score (nSPS) is 9.75. The molecule has 1 aromatic carbocycles. The number of rotatable bonds is 4. The largest absolute Gasteiger partial charge is 0.0897 e. The summed E-state index contributed by atoms with van der Waals surface area (Å²) in [5, 5.41) is 0. The summed E-state index contributed by atoms with van der Waals surface area (Å²) in [5.41, 5.74) is 1.38. The molecule has 1 aromatic rings. The zero-order valence-electron chi connectivity index (χ0n) is 7.42. The summed E-state index contributed by atoms with van der Waals surface area (Å²) >= 11 is 5.15. The second-order valence-corrected chi connectivity index (χ2v) is 3.46. The predicted molar refractivity (Wildman–Crippen MR) is 57.7 cm³/mol. The molecule has 0 radical (unpaired) electrons. The third kappa shape index (κ3) is 3.14. The first-order valence-electron chi connectivity index (χ1n) is 4.38.